The molecule has 2 N–H and O–H groups in total. The highest BCUT2D eigenvalue weighted by Gasteiger charge is 2.09. The zero-order chi connectivity index (χ0) is 11.3. The third-order valence-corrected chi connectivity index (χ3v) is 2.13. The fourth-order valence-corrected chi connectivity index (χ4v) is 1.28. The number of nitrogens with two attached hydrogens (primary N) is 1. The van der Waals surface area contributed by atoms with Gasteiger partial charge in [-0.15, -0.1) is 0 Å². The molecule has 0 heterocycles. The fraction of sp³-hybridized carbons (Fsp3) is 0.455. The molecule has 1 rings (SSSR count). The van der Waals surface area contributed by atoms with Gasteiger partial charge in [0, 0.05) is 6.54 Å². The Labute approximate surface area is 89.0 Å². The average molecular weight is 213 g/mol. The second-order valence-corrected chi connectivity index (χ2v) is 3.20. The van der Waals surface area contributed by atoms with Gasteiger partial charge in [-0.05, 0) is 24.6 Å². The summed E-state index contributed by atoms with van der Waals surface area (Å²) >= 11 is 0. The number of hydrogen-bond acceptors (Lipinski definition) is 3. The summed E-state index contributed by atoms with van der Waals surface area (Å²) in [5.41, 5.74) is 6.09. The lowest BCUT2D eigenvalue weighted by molar-refractivity contribution is 0.0715. The first-order valence-corrected chi connectivity index (χ1v) is 4.84. The van der Waals surface area contributed by atoms with Crippen LogP contribution in [0.4, 0.5) is 4.39 Å². The average Bonchev–Trinajstić information content (AvgIpc) is 2.25. The minimum atomic E-state index is -0.377. The number of halogens is 1. The Morgan fingerprint density at radius 3 is 2.73 bits per heavy atom. The van der Waals surface area contributed by atoms with E-state index in [4.69, 9.17) is 15.2 Å². The molecule has 1 aromatic rings. The highest BCUT2D eigenvalue weighted by Crippen LogP contribution is 2.23. The fourth-order valence-electron chi connectivity index (χ4n) is 1.28. The lowest BCUT2D eigenvalue weighted by Crippen LogP contribution is -2.11. The zero-order valence-corrected chi connectivity index (χ0v) is 9.00. The van der Waals surface area contributed by atoms with Crippen LogP contribution >= 0.6 is 0 Å². The monoisotopic (exact) mass is 213 g/mol. The number of benzene rings is 1. The number of rotatable bonds is 5. The van der Waals surface area contributed by atoms with Crippen LogP contribution in [0.25, 0.3) is 0 Å². The summed E-state index contributed by atoms with van der Waals surface area (Å²) in [4.78, 5) is 0. The predicted molar refractivity (Wildman–Crippen MR) is 56.4 cm³/mol. The van der Waals surface area contributed by atoms with E-state index < -0.39 is 0 Å². The van der Waals surface area contributed by atoms with E-state index >= 15 is 0 Å². The highest BCUT2D eigenvalue weighted by molar-refractivity contribution is 5.30. The summed E-state index contributed by atoms with van der Waals surface area (Å²) in [5, 5.41) is 0. The molecule has 0 aromatic heterocycles. The Hall–Kier alpha value is -1.13. The maximum absolute atomic E-state index is 13.3. The molecule has 3 nitrogen and oxygen atoms in total. The number of ether oxygens (including phenoxy) is 2. The van der Waals surface area contributed by atoms with E-state index in [0.29, 0.717) is 13.2 Å². The lowest BCUT2D eigenvalue weighted by atomic mass is 10.1. The predicted octanol–water partition coefficient (Wildman–Crippen LogP) is 1.87. The summed E-state index contributed by atoms with van der Waals surface area (Å²) in [5.74, 6) is -0.136. The molecule has 0 aliphatic heterocycles. The van der Waals surface area contributed by atoms with Crippen LogP contribution in [0, 0.1) is 5.82 Å². The van der Waals surface area contributed by atoms with Crippen molar-refractivity contribution in [1.82, 2.24) is 0 Å². The van der Waals surface area contributed by atoms with Gasteiger partial charge in [0.25, 0.3) is 0 Å². The van der Waals surface area contributed by atoms with Gasteiger partial charge in [0.05, 0.1) is 19.8 Å². The second-order valence-electron chi connectivity index (χ2n) is 3.20. The van der Waals surface area contributed by atoms with Gasteiger partial charge in [-0.3, -0.25) is 0 Å². The normalized spacial score (nSPS) is 12.5. The summed E-state index contributed by atoms with van der Waals surface area (Å²) < 4.78 is 23.5. The molecule has 0 saturated heterocycles. The topological polar surface area (TPSA) is 44.5 Å². The maximum atomic E-state index is 13.3. The Bertz CT molecular complexity index is 317. The summed E-state index contributed by atoms with van der Waals surface area (Å²) in [6.45, 7) is 2.79. The van der Waals surface area contributed by atoms with Crippen molar-refractivity contribution in [1.29, 1.82) is 0 Å². The maximum Gasteiger partial charge on any atom is 0.165 e. The van der Waals surface area contributed by atoms with Crippen molar-refractivity contribution in [3.63, 3.8) is 0 Å². The summed E-state index contributed by atoms with van der Waals surface area (Å²) in [6.07, 6.45) is -0.158. The van der Waals surface area contributed by atoms with E-state index in [0.717, 1.165) is 5.56 Å². The van der Waals surface area contributed by atoms with Crippen LogP contribution in [0.3, 0.4) is 0 Å². The molecule has 0 aliphatic rings. The molecule has 84 valence electrons. The minimum absolute atomic E-state index is 0.158. The molecule has 1 atom stereocenters. The van der Waals surface area contributed by atoms with Gasteiger partial charge in [-0.2, -0.15) is 0 Å². The van der Waals surface area contributed by atoms with E-state index in [9.17, 15) is 4.39 Å². The largest absolute Gasteiger partial charge is 0.494 e. The highest BCUT2D eigenvalue weighted by atomic mass is 19.1. The van der Waals surface area contributed by atoms with Crippen LogP contribution in [0.2, 0.25) is 0 Å². The van der Waals surface area contributed by atoms with E-state index in [2.05, 4.69) is 0 Å². The van der Waals surface area contributed by atoms with Crippen LogP contribution in [-0.2, 0) is 4.74 Å². The van der Waals surface area contributed by atoms with Crippen LogP contribution in [0.5, 0.6) is 5.75 Å². The van der Waals surface area contributed by atoms with Crippen molar-refractivity contribution in [3.8, 4) is 5.75 Å². The van der Waals surface area contributed by atoms with Crippen molar-refractivity contribution >= 4 is 0 Å². The first kappa shape index (κ1) is 11.9. The molecule has 4 heteroatoms. The Morgan fingerprint density at radius 2 is 2.20 bits per heavy atom. The number of methoxy groups -OCH3 is 1. The third kappa shape index (κ3) is 3.18. The van der Waals surface area contributed by atoms with E-state index in [1.54, 1.807) is 12.1 Å². The van der Waals surface area contributed by atoms with Gasteiger partial charge in [0.2, 0.25) is 0 Å². The van der Waals surface area contributed by atoms with Crippen molar-refractivity contribution in [3.05, 3.63) is 29.6 Å². The molecule has 0 amide bonds. The zero-order valence-electron chi connectivity index (χ0n) is 9.00. The Morgan fingerprint density at radius 1 is 1.47 bits per heavy atom. The van der Waals surface area contributed by atoms with Crippen molar-refractivity contribution in [2.24, 2.45) is 5.73 Å². The molecular formula is C11H16FNO2. The van der Waals surface area contributed by atoms with Crippen LogP contribution < -0.4 is 10.5 Å². The van der Waals surface area contributed by atoms with Crippen LogP contribution in [0.1, 0.15) is 18.6 Å². The van der Waals surface area contributed by atoms with Crippen LogP contribution in [-0.4, -0.2) is 20.3 Å². The van der Waals surface area contributed by atoms with Gasteiger partial charge in [-0.25, -0.2) is 4.39 Å². The summed E-state index contributed by atoms with van der Waals surface area (Å²) in [6, 6.07) is 4.79. The standard InChI is InChI=1S/C11H16FNO2/c1-8(15-6-5-13)9-3-4-11(14-2)10(12)7-9/h3-4,7-8H,5-6,13H2,1-2H3. The van der Waals surface area contributed by atoms with Crippen LogP contribution in [0.15, 0.2) is 18.2 Å². The first-order valence-electron chi connectivity index (χ1n) is 4.84. The molecule has 0 bridgehead atoms. The molecule has 0 aliphatic carbocycles. The quantitative estimate of drug-likeness (QED) is 0.812. The number of hydrogen-bond donors (Lipinski definition) is 1. The van der Waals surface area contributed by atoms with Gasteiger partial charge < -0.3 is 15.2 Å². The van der Waals surface area contributed by atoms with Gasteiger partial charge >= 0.3 is 0 Å². The van der Waals surface area contributed by atoms with E-state index in [-0.39, 0.29) is 17.7 Å². The summed E-state index contributed by atoms with van der Waals surface area (Å²) in [7, 11) is 1.44. The SMILES string of the molecule is COc1ccc(C(C)OCCN)cc1F. The first-order chi connectivity index (χ1) is 7.19. The lowest BCUT2D eigenvalue weighted by Gasteiger charge is -2.13. The Kier molecular flexibility index (Phi) is 4.52. The molecular weight excluding hydrogens is 197 g/mol. The molecule has 0 radical (unpaired) electrons. The Balaban J connectivity index is 2.73. The van der Waals surface area contributed by atoms with E-state index in [1.165, 1.54) is 13.2 Å². The molecule has 0 spiro atoms. The molecule has 15 heavy (non-hydrogen) atoms. The van der Waals surface area contributed by atoms with Crippen molar-refractivity contribution < 1.29 is 13.9 Å². The van der Waals surface area contributed by atoms with Crippen molar-refractivity contribution in [2.75, 3.05) is 20.3 Å². The van der Waals surface area contributed by atoms with E-state index in [1.807, 2.05) is 6.92 Å². The molecule has 0 saturated carbocycles. The third-order valence-electron chi connectivity index (χ3n) is 2.13. The minimum Gasteiger partial charge on any atom is -0.494 e. The smallest absolute Gasteiger partial charge is 0.165 e. The molecule has 1 aromatic carbocycles. The van der Waals surface area contributed by atoms with Crippen molar-refractivity contribution in [2.45, 2.75) is 13.0 Å². The van der Waals surface area contributed by atoms with Gasteiger partial charge in [0.15, 0.2) is 11.6 Å². The second kappa shape index (κ2) is 5.68. The molecule has 1 unspecified atom stereocenters. The molecule has 0 fully saturated rings. The van der Waals surface area contributed by atoms with Gasteiger partial charge in [0.1, 0.15) is 0 Å². The van der Waals surface area contributed by atoms with Gasteiger partial charge in [-0.1, -0.05) is 6.07 Å².